The van der Waals surface area contributed by atoms with Crippen molar-refractivity contribution in [1.82, 2.24) is 10.2 Å². The first kappa shape index (κ1) is 4.49. The summed E-state index contributed by atoms with van der Waals surface area (Å²) in [5.74, 6) is -0.00810. The molecule has 3 heteroatoms. The molecule has 0 radical (unpaired) electrons. The zero-order chi connectivity index (χ0) is 6.27. The van der Waals surface area contributed by atoms with Crippen LogP contribution in [0.1, 0.15) is 16.1 Å². The monoisotopic (exact) mass is 120 g/mol. The molecule has 1 heterocycles. The van der Waals surface area contributed by atoms with Gasteiger partial charge in [0.05, 0.1) is 0 Å². The smallest absolute Gasteiger partial charge is 0.206 e. The maximum atomic E-state index is 10.8. The van der Waals surface area contributed by atoms with Gasteiger partial charge < -0.3 is 0 Å². The number of hydrogen-bond acceptors (Lipinski definition) is 2. The van der Waals surface area contributed by atoms with Crippen LogP contribution < -0.4 is 0 Å². The third-order valence-electron chi connectivity index (χ3n) is 1.32. The van der Waals surface area contributed by atoms with Crippen molar-refractivity contribution in [3.05, 3.63) is 23.5 Å². The van der Waals surface area contributed by atoms with Crippen molar-refractivity contribution in [2.45, 2.75) is 0 Å². The number of H-pyrrole nitrogens is 1. The minimum absolute atomic E-state index is 0.00810. The first-order valence-corrected chi connectivity index (χ1v) is 2.64. The average Bonchev–Trinajstić information content (AvgIpc) is 2.35. The maximum absolute atomic E-state index is 10.8. The second-order valence-corrected chi connectivity index (χ2v) is 1.89. The van der Waals surface area contributed by atoms with E-state index >= 15 is 0 Å². The molecule has 44 valence electrons. The Balaban J connectivity index is 2.73. The van der Waals surface area contributed by atoms with E-state index in [0.717, 1.165) is 5.56 Å². The fourth-order valence-electron chi connectivity index (χ4n) is 0.868. The summed E-state index contributed by atoms with van der Waals surface area (Å²) in [6.45, 7) is 0. The summed E-state index contributed by atoms with van der Waals surface area (Å²) in [5, 5.41) is 6.35. The Morgan fingerprint density at radius 1 is 1.44 bits per heavy atom. The van der Waals surface area contributed by atoms with Crippen molar-refractivity contribution in [2.24, 2.45) is 0 Å². The van der Waals surface area contributed by atoms with Crippen LogP contribution >= 0.6 is 0 Å². The molecule has 0 aromatic carbocycles. The molecule has 0 atom stereocenters. The lowest BCUT2D eigenvalue weighted by Crippen LogP contribution is -1.90. The first-order valence-electron chi connectivity index (χ1n) is 2.64. The number of aromatic nitrogens is 2. The molecule has 0 spiro atoms. The average molecular weight is 120 g/mol. The summed E-state index contributed by atoms with van der Waals surface area (Å²) >= 11 is 0. The van der Waals surface area contributed by atoms with Crippen LogP contribution in [-0.4, -0.2) is 16.0 Å². The molecule has 2 rings (SSSR count). The Morgan fingerprint density at radius 2 is 2.33 bits per heavy atom. The molecule has 1 aromatic heterocycles. The van der Waals surface area contributed by atoms with E-state index in [1.165, 1.54) is 6.08 Å². The van der Waals surface area contributed by atoms with Gasteiger partial charge in [0.2, 0.25) is 5.78 Å². The van der Waals surface area contributed by atoms with Gasteiger partial charge in [-0.05, 0) is 12.2 Å². The zero-order valence-electron chi connectivity index (χ0n) is 4.59. The SMILES string of the molecule is O=C1C=Cc2c[nH]nc21. The number of allylic oxidation sites excluding steroid dienone is 1. The van der Waals surface area contributed by atoms with Gasteiger partial charge in [0.15, 0.2) is 0 Å². The number of nitrogens with one attached hydrogen (secondary N) is 1. The van der Waals surface area contributed by atoms with Crippen molar-refractivity contribution >= 4 is 11.9 Å². The molecule has 0 bridgehead atoms. The van der Waals surface area contributed by atoms with E-state index in [0.29, 0.717) is 5.69 Å². The van der Waals surface area contributed by atoms with E-state index in [9.17, 15) is 4.79 Å². The third kappa shape index (κ3) is 0.455. The lowest BCUT2D eigenvalue weighted by molar-refractivity contribution is 0.104. The highest BCUT2D eigenvalue weighted by Crippen LogP contribution is 2.14. The summed E-state index contributed by atoms with van der Waals surface area (Å²) in [6.07, 6.45) is 4.98. The number of aromatic amines is 1. The second-order valence-electron chi connectivity index (χ2n) is 1.89. The van der Waals surface area contributed by atoms with Crippen LogP contribution in [0.3, 0.4) is 0 Å². The molecule has 1 aliphatic rings. The van der Waals surface area contributed by atoms with Gasteiger partial charge in [-0.3, -0.25) is 9.89 Å². The van der Waals surface area contributed by atoms with Crippen LogP contribution in [0.2, 0.25) is 0 Å². The minimum atomic E-state index is -0.00810. The van der Waals surface area contributed by atoms with Crippen LogP contribution in [0, 0.1) is 0 Å². The van der Waals surface area contributed by atoms with Gasteiger partial charge in [-0.2, -0.15) is 5.10 Å². The summed E-state index contributed by atoms with van der Waals surface area (Å²) in [4.78, 5) is 10.8. The highest BCUT2D eigenvalue weighted by Gasteiger charge is 2.14. The quantitative estimate of drug-likeness (QED) is 0.545. The normalized spacial score (nSPS) is 14.4. The van der Waals surface area contributed by atoms with E-state index in [4.69, 9.17) is 0 Å². The van der Waals surface area contributed by atoms with Crippen LogP contribution in [0.5, 0.6) is 0 Å². The van der Waals surface area contributed by atoms with Gasteiger partial charge >= 0.3 is 0 Å². The van der Waals surface area contributed by atoms with Crippen molar-refractivity contribution in [3.8, 4) is 0 Å². The molecule has 0 unspecified atom stereocenters. The van der Waals surface area contributed by atoms with E-state index in [1.54, 1.807) is 12.3 Å². The molecule has 0 saturated carbocycles. The largest absolute Gasteiger partial charge is 0.287 e. The summed E-state index contributed by atoms with van der Waals surface area (Å²) < 4.78 is 0. The maximum Gasteiger partial charge on any atom is 0.206 e. The molecule has 0 saturated heterocycles. The molecule has 1 aromatic rings. The standard InChI is InChI=1S/C6H4N2O/c9-5-2-1-4-3-7-8-6(4)5/h1-3H,(H,7,8). The predicted octanol–water partition coefficient (Wildman–Crippen LogP) is 0.619. The lowest BCUT2D eigenvalue weighted by atomic mass is 10.3. The molecule has 0 aliphatic heterocycles. The Hall–Kier alpha value is -1.38. The van der Waals surface area contributed by atoms with Gasteiger partial charge in [-0.1, -0.05) is 0 Å². The van der Waals surface area contributed by atoms with Crippen molar-refractivity contribution < 1.29 is 4.79 Å². The summed E-state index contributed by atoms with van der Waals surface area (Å²) in [6, 6.07) is 0. The van der Waals surface area contributed by atoms with Crippen LogP contribution in [0.15, 0.2) is 12.3 Å². The fraction of sp³-hybridized carbons (Fsp3) is 0. The molecule has 1 aliphatic carbocycles. The Morgan fingerprint density at radius 3 is 3.11 bits per heavy atom. The topological polar surface area (TPSA) is 45.8 Å². The summed E-state index contributed by atoms with van der Waals surface area (Å²) in [5.41, 5.74) is 1.43. The highest BCUT2D eigenvalue weighted by molar-refractivity contribution is 6.12. The van der Waals surface area contributed by atoms with Gasteiger partial charge in [-0.15, -0.1) is 0 Å². The Kier molecular flexibility index (Phi) is 0.656. The van der Waals surface area contributed by atoms with E-state index in [-0.39, 0.29) is 5.78 Å². The fourth-order valence-corrected chi connectivity index (χ4v) is 0.868. The zero-order valence-corrected chi connectivity index (χ0v) is 4.59. The van der Waals surface area contributed by atoms with Crippen LogP contribution in [0.25, 0.3) is 6.08 Å². The second kappa shape index (κ2) is 1.31. The van der Waals surface area contributed by atoms with Crippen molar-refractivity contribution in [3.63, 3.8) is 0 Å². The molecular formula is C6H4N2O. The van der Waals surface area contributed by atoms with E-state index < -0.39 is 0 Å². The van der Waals surface area contributed by atoms with Gasteiger partial charge in [-0.25, -0.2) is 0 Å². The Labute approximate surface area is 51.4 Å². The molecule has 1 N–H and O–H groups in total. The van der Waals surface area contributed by atoms with Crippen molar-refractivity contribution in [2.75, 3.05) is 0 Å². The molecule has 0 amide bonds. The number of ketones is 1. The van der Waals surface area contributed by atoms with E-state index in [2.05, 4.69) is 10.2 Å². The van der Waals surface area contributed by atoms with Crippen LogP contribution in [-0.2, 0) is 0 Å². The first-order chi connectivity index (χ1) is 4.38. The number of carbonyl (C=O) groups excluding carboxylic acids is 1. The van der Waals surface area contributed by atoms with Gasteiger partial charge in [0, 0.05) is 11.8 Å². The number of hydrogen-bond donors (Lipinski definition) is 1. The Bertz CT molecular complexity index is 285. The number of nitrogens with zero attached hydrogens (tertiary/aromatic N) is 1. The molecule has 9 heavy (non-hydrogen) atoms. The summed E-state index contributed by atoms with van der Waals surface area (Å²) in [7, 11) is 0. The van der Waals surface area contributed by atoms with Gasteiger partial charge in [0.25, 0.3) is 0 Å². The minimum Gasteiger partial charge on any atom is -0.287 e. The third-order valence-corrected chi connectivity index (χ3v) is 1.32. The van der Waals surface area contributed by atoms with Crippen LogP contribution in [0.4, 0.5) is 0 Å². The lowest BCUT2D eigenvalue weighted by Gasteiger charge is -1.77. The highest BCUT2D eigenvalue weighted by atomic mass is 16.1. The van der Waals surface area contributed by atoms with Crippen molar-refractivity contribution in [1.29, 1.82) is 0 Å². The van der Waals surface area contributed by atoms with E-state index in [1.807, 2.05) is 0 Å². The molecular weight excluding hydrogens is 116 g/mol. The molecule has 0 fully saturated rings. The van der Waals surface area contributed by atoms with Gasteiger partial charge in [0.1, 0.15) is 5.69 Å². The molecule has 3 nitrogen and oxygen atoms in total. The number of carbonyl (C=O) groups is 1. The number of fused-ring (bicyclic) bond motifs is 1. The predicted molar refractivity (Wildman–Crippen MR) is 32.0 cm³/mol. The number of rotatable bonds is 0.